The largest absolute Gasteiger partial charge is 0.467 e. The molecular formula is C13H14FN3O. The molecule has 0 aliphatic rings. The highest BCUT2D eigenvalue weighted by Gasteiger charge is 2.07. The van der Waals surface area contributed by atoms with Crippen molar-refractivity contribution >= 4 is 0 Å². The van der Waals surface area contributed by atoms with Gasteiger partial charge in [-0.3, -0.25) is 0 Å². The van der Waals surface area contributed by atoms with Crippen LogP contribution in [0, 0.1) is 5.82 Å². The Labute approximate surface area is 105 Å². The van der Waals surface area contributed by atoms with Crippen LogP contribution in [0.4, 0.5) is 4.39 Å². The van der Waals surface area contributed by atoms with Gasteiger partial charge >= 0.3 is 6.01 Å². The summed E-state index contributed by atoms with van der Waals surface area (Å²) in [5, 5.41) is 3.03. The van der Waals surface area contributed by atoms with E-state index in [0.717, 1.165) is 5.56 Å². The van der Waals surface area contributed by atoms with Crippen LogP contribution in [0.2, 0.25) is 0 Å². The van der Waals surface area contributed by atoms with Gasteiger partial charge in [0.25, 0.3) is 0 Å². The smallest absolute Gasteiger partial charge is 0.316 e. The summed E-state index contributed by atoms with van der Waals surface area (Å²) in [6.07, 6.45) is 3.10. The van der Waals surface area contributed by atoms with Crippen molar-refractivity contribution in [3.63, 3.8) is 0 Å². The molecule has 1 aromatic carbocycles. The molecular weight excluding hydrogens is 233 g/mol. The number of aromatic nitrogens is 2. The second kappa shape index (κ2) is 5.55. The zero-order valence-electron chi connectivity index (χ0n) is 10.3. The molecule has 0 atom stereocenters. The topological polar surface area (TPSA) is 47.0 Å². The molecule has 0 bridgehead atoms. The van der Waals surface area contributed by atoms with Crippen LogP contribution < -0.4 is 10.1 Å². The first-order valence-corrected chi connectivity index (χ1v) is 5.54. The molecule has 0 unspecified atom stereocenters. The SMILES string of the molecule is CNCc1ccc(F)c(-c2cnc(OC)nc2)c1. The number of rotatable bonds is 4. The fourth-order valence-corrected chi connectivity index (χ4v) is 1.67. The van der Waals surface area contributed by atoms with Crippen LogP contribution in [0.15, 0.2) is 30.6 Å². The molecule has 1 N–H and O–H groups in total. The third kappa shape index (κ3) is 2.62. The number of benzene rings is 1. The van der Waals surface area contributed by atoms with E-state index in [1.165, 1.54) is 13.2 Å². The second-order valence-corrected chi connectivity index (χ2v) is 3.80. The van der Waals surface area contributed by atoms with Crippen LogP contribution in [0.3, 0.4) is 0 Å². The zero-order valence-corrected chi connectivity index (χ0v) is 10.3. The van der Waals surface area contributed by atoms with Gasteiger partial charge in [-0.1, -0.05) is 6.07 Å². The molecule has 0 aliphatic heterocycles. The van der Waals surface area contributed by atoms with Crippen molar-refractivity contribution in [1.82, 2.24) is 15.3 Å². The van der Waals surface area contributed by atoms with Crippen LogP contribution in [-0.4, -0.2) is 24.1 Å². The molecule has 94 valence electrons. The lowest BCUT2D eigenvalue weighted by Gasteiger charge is -2.06. The third-order valence-electron chi connectivity index (χ3n) is 2.53. The van der Waals surface area contributed by atoms with E-state index >= 15 is 0 Å². The maximum atomic E-state index is 13.8. The van der Waals surface area contributed by atoms with Gasteiger partial charge in [-0.25, -0.2) is 14.4 Å². The van der Waals surface area contributed by atoms with Crippen molar-refractivity contribution in [1.29, 1.82) is 0 Å². The lowest BCUT2D eigenvalue weighted by molar-refractivity contribution is 0.380. The highest BCUT2D eigenvalue weighted by Crippen LogP contribution is 2.23. The third-order valence-corrected chi connectivity index (χ3v) is 2.53. The maximum Gasteiger partial charge on any atom is 0.316 e. The minimum absolute atomic E-state index is 0.269. The quantitative estimate of drug-likeness (QED) is 0.897. The van der Waals surface area contributed by atoms with Crippen molar-refractivity contribution in [3.05, 3.63) is 42.0 Å². The van der Waals surface area contributed by atoms with E-state index in [-0.39, 0.29) is 11.8 Å². The molecule has 18 heavy (non-hydrogen) atoms. The van der Waals surface area contributed by atoms with E-state index in [1.54, 1.807) is 24.5 Å². The molecule has 5 heteroatoms. The molecule has 1 aromatic heterocycles. The molecule has 2 aromatic rings. The molecule has 0 amide bonds. The average Bonchev–Trinajstić information content (AvgIpc) is 2.41. The Kier molecular flexibility index (Phi) is 3.84. The number of nitrogens with one attached hydrogen (secondary N) is 1. The van der Waals surface area contributed by atoms with Gasteiger partial charge in [0.05, 0.1) is 7.11 Å². The minimum atomic E-state index is -0.288. The average molecular weight is 247 g/mol. The molecule has 0 saturated carbocycles. The first kappa shape index (κ1) is 12.4. The highest BCUT2D eigenvalue weighted by molar-refractivity contribution is 5.63. The van der Waals surface area contributed by atoms with E-state index in [9.17, 15) is 4.39 Å². The first-order valence-electron chi connectivity index (χ1n) is 5.54. The van der Waals surface area contributed by atoms with Crippen LogP contribution in [0.25, 0.3) is 11.1 Å². The molecule has 0 radical (unpaired) electrons. The van der Waals surface area contributed by atoms with Gasteiger partial charge in [-0.05, 0) is 24.7 Å². The Bertz CT molecular complexity index is 528. The van der Waals surface area contributed by atoms with Crippen LogP contribution in [0.5, 0.6) is 6.01 Å². The fraction of sp³-hybridized carbons (Fsp3) is 0.231. The number of hydrogen-bond donors (Lipinski definition) is 1. The van der Waals surface area contributed by atoms with Crippen molar-refractivity contribution in [2.24, 2.45) is 0 Å². The van der Waals surface area contributed by atoms with Crippen molar-refractivity contribution in [3.8, 4) is 17.1 Å². The second-order valence-electron chi connectivity index (χ2n) is 3.80. The Morgan fingerprint density at radius 2 is 2.00 bits per heavy atom. The number of methoxy groups -OCH3 is 1. The lowest BCUT2D eigenvalue weighted by atomic mass is 10.1. The van der Waals surface area contributed by atoms with Gasteiger partial charge in [0.2, 0.25) is 0 Å². The fourth-order valence-electron chi connectivity index (χ4n) is 1.67. The summed E-state index contributed by atoms with van der Waals surface area (Å²) in [7, 11) is 3.34. The summed E-state index contributed by atoms with van der Waals surface area (Å²) in [5.41, 5.74) is 2.13. The van der Waals surface area contributed by atoms with Gasteiger partial charge < -0.3 is 10.1 Å². The van der Waals surface area contributed by atoms with E-state index in [1.807, 2.05) is 7.05 Å². The highest BCUT2D eigenvalue weighted by atomic mass is 19.1. The van der Waals surface area contributed by atoms with Crippen molar-refractivity contribution in [2.75, 3.05) is 14.2 Å². The summed E-state index contributed by atoms with van der Waals surface area (Å²) in [5.74, 6) is -0.288. The van der Waals surface area contributed by atoms with E-state index in [2.05, 4.69) is 15.3 Å². The number of hydrogen-bond acceptors (Lipinski definition) is 4. The van der Waals surface area contributed by atoms with E-state index < -0.39 is 0 Å². The van der Waals surface area contributed by atoms with Crippen LogP contribution in [0.1, 0.15) is 5.56 Å². The molecule has 2 rings (SSSR count). The molecule has 4 nitrogen and oxygen atoms in total. The zero-order chi connectivity index (χ0) is 13.0. The predicted molar refractivity (Wildman–Crippen MR) is 66.7 cm³/mol. The summed E-state index contributed by atoms with van der Waals surface area (Å²) in [6.45, 7) is 0.685. The monoisotopic (exact) mass is 247 g/mol. The number of ether oxygens (including phenoxy) is 1. The van der Waals surface area contributed by atoms with Gasteiger partial charge in [0.1, 0.15) is 5.82 Å². The maximum absolute atomic E-state index is 13.8. The molecule has 0 fully saturated rings. The summed E-state index contributed by atoms with van der Waals surface area (Å²) in [6, 6.07) is 5.26. The van der Waals surface area contributed by atoms with Gasteiger partial charge in [0.15, 0.2) is 0 Å². The Morgan fingerprint density at radius 1 is 1.28 bits per heavy atom. The summed E-state index contributed by atoms with van der Waals surface area (Å²) < 4.78 is 18.6. The van der Waals surface area contributed by atoms with E-state index in [0.29, 0.717) is 17.7 Å². The normalized spacial score (nSPS) is 10.4. The molecule has 0 saturated heterocycles. The predicted octanol–water partition coefficient (Wildman–Crippen LogP) is 2.01. The number of nitrogens with zero attached hydrogens (tertiary/aromatic N) is 2. The summed E-state index contributed by atoms with van der Waals surface area (Å²) >= 11 is 0. The Morgan fingerprint density at radius 3 is 2.61 bits per heavy atom. The molecule has 0 aliphatic carbocycles. The lowest BCUT2D eigenvalue weighted by Crippen LogP contribution is -2.05. The minimum Gasteiger partial charge on any atom is -0.467 e. The Hall–Kier alpha value is -2.01. The first-order chi connectivity index (χ1) is 8.74. The van der Waals surface area contributed by atoms with Gasteiger partial charge in [0, 0.05) is 30.1 Å². The Balaban J connectivity index is 2.38. The number of halogens is 1. The molecule has 1 heterocycles. The van der Waals surface area contributed by atoms with Gasteiger partial charge in [-0.15, -0.1) is 0 Å². The summed E-state index contributed by atoms with van der Waals surface area (Å²) in [4.78, 5) is 7.95. The standard InChI is InChI=1S/C13H14FN3O/c1-15-6-9-3-4-12(14)11(5-9)10-7-16-13(18-2)17-8-10/h3-5,7-8,15H,6H2,1-2H3. The van der Waals surface area contributed by atoms with Crippen LogP contribution >= 0.6 is 0 Å². The molecule has 0 spiro atoms. The van der Waals surface area contributed by atoms with Crippen molar-refractivity contribution in [2.45, 2.75) is 6.54 Å². The van der Waals surface area contributed by atoms with Crippen molar-refractivity contribution < 1.29 is 9.13 Å². The van der Waals surface area contributed by atoms with E-state index in [4.69, 9.17) is 4.74 Å². The van der Waals surface area contributed by atoms with Gasteiger partial charge in [-0.2, -0.15) is 0 Å². The van der Waals surface area contributed by atoms with Crippen LogP contribution in [-0.2, 0) is 6.54 Å².